The van der Waals surface area contributed by atoms with Crippen molar-refractivity contribution < 1.29 is 19.1 Å². The zero-order valence-corrected chi connectivity index (χ0v) is 21.0. The Morgan fingerprint density at radius 3 is 2.32 bits per heavy atom. The lowest BCUT2D eigenvalue weighted by Crippen LogP contribution is -2.50. The van der Waals surface area contributed by atoms with Crippen molar-refractivity contribution in [3.63, 3.8) is 0 Å². The van der Waals surface area contributed by atoms with Crippen molar-refractivity contribution in [2.24, 2.45) is 5.92 Å². The van der Waals surface area contributed by atoms with Gasteiger partial charge in [-0.05, 0) is 33.3 Å². The summed E-state index contributed by atoms with van der Waals surface area (Å²) in [6.45, 7) is 23.3. The number of ether oxygens (including phenoxy) is 2. The Kier molecular flexibility index (Phi) is 20.5. The summed E-state index contributed by atoms with van der Waals surface area (Å²) in [5, 5.41) is 5.44. The summed E-state index contributed by atoms with van der Waals surface area (Å²) >= 11 is 0. The lowest BCUT2D eigenvalue weighted by molar-refractivity contribution is -0.125. The van der Waals surface area contributed by atoms with Gasteiger partial charge in [0.25, 0.3) is 0 Å². The first-order valence-electron chi connectivity index (χ1n) is 11.5. The van der Waals surface area contributed by atoms with Crippen molar-refractivity contribution >= 4 is 12.3 Å². The maximum atomic E-state index is 11.8. The molecule has 2 N–H and O–H groups in total. The third-order valence-corrected chi connectivity index (χ3v) is 4.29. The fraction of sp³-hybridized carbons (Fsp3) is 0.750. The Morgan fingerprint density at radius 1 is 1.26 bits per heavy atom. The summed E-state index contributed by atoms with van der Waals surface area (Å²) in [4.78, 5) is 23.9. The van der Waals surface area contributed by atoms with Crippen LogP contribution in [0.3, 0.4) is 0 Å². The number of hydrogen-bond acceptors (Lipinski definition) is 5. The maximum Gasteiger partial charge on any atom is 0.225 e. The Hall–Kier alpha value is -1.70. The first-order chi connectivity index (χ1) is 14.8. The monoisotopic (exact) mass is 441 g/mol. The molecule has 7 nitrogen and oxygen atoms in total. The zero-order chi connectivity index (χ0) is 24.1. The summed E-state index contributed by atoms with van der Waals surface area (Å²) in [5.41, 5.74) is 0.668. The molecule has 0 aromatic heterocycles. The lowest BCUT2D eigenvalue weighted by atomic mass is 10.1. The average Bonchev–Trinajstić information content (AvgIpc) is 3.29. The number of rotatable bonds is 7. The third kappa shape index (κ3) is 16.6. The van der Waals surface area contributed by atoms with Gasteiger partial charge in [0.1, 0.15) is 0 Å². The molecule has 1 unspecified atom stereocenters. The van der Waals surface area contributed by atoms with Crippen LogP contribution in [0.4, 0.5) is 0 Å². The van der Waals surface area contributed by atoms with Crippen LogP contribution in [0.15, 0.2) is 24.4 Å². The molecule has 2 fully saturated rings. The van der Waals surface area contributed by atoms with Gasteiger partial charge >= 0.3 is 0 Å². The molecular formula is C24H47N3O4. The molecule has 1 atom stereocenters. The fourth-order valence-electron chi connectivity index (χ4n) is 2.86. The van der Waals surface area contributed by atoms with Gasteiger partial charge in [0.15, 0.2) is 0 Å². The highest BCUT2D eigenvalue weighted by Gasteiger charge is 2.27. The van der Waals surface area contributed by atoms with E-state index in [-0.39, 0.29) is 17.4 Å². The van der Waals surface area contributed by atoms with E-state index in [1.54, 1.807) is 12.2 Å². The SMILES string of the molecule is C=C/C(=C\C)NC=O.CC.CC1(C)CN(CCNC(=O)C2CCOC2)CCO1.CCC. The molecule has 0 spiro atoms. The molecule has 7 heteroatoms. The van der Waals surface area contributed by atoms with Crippen LogP contribution < -0.4 is 10.6 Å². The first kappa shape index (κ1) is 31.5. The Morgan fingerprint density at radius 2 is 1.90 bits per heavy atom. The number of allylic oxidation sites excluding steroid dienone is 2. The van der Waals surface area contributed by atoms with Gasteiger partial charge < -0.3 is 20.1 Å². The zero-order valence-electron chi connectivity index (χ0n) is 21.0. The fourth-order valence-corrected chi connectivity index (χ4v) is 2.86. The number of amides is 2. The van der Waals surface area contributed by atoms with Gasteiger partial charge in [-0.3, -0.25) is 14.5 Å². The second-order valence-corrected chi connectivity index (χ2v) is 7.65. The van der Waals surface area contributed by atoms with Crippen LogP contribution in [0.25, 0.3) is 0 Å². The second-order valence-electron chi connectivity index (χ2n) is 7.65. The topological polar surface area (TPSA) is 79.9 Å². The smallest absolute Gasteiger partial charge is 0.225 e. The molecule has 2 heterocycles. The standard InChI is InChI=1S/C13H24N2O3.C6H9NO.C3H8.C2H6/c1-13(2)10-15(6-8-18-13)5-4-14-12(16)11-3-7-17-9-11;1-3-6(4-2)7-5-8;1-3-2;1-2/h11H,3-10H2,1-2H3,(H,14,16);3-5H,1H2,2H3,(H,7,8);3H2,1-2H3;1-2H3/b;6-4+;;. The summed E-state index contributed by atoms with van der Waals surface area (Å²) < 4.78 is 10.9. The molecule has 2 aliphatic heterocycles. The molecule has 0 aromatic carbocycles. The molecule has 0 saturated carbocycles. The van der Waals surface area contributed by atoms with Crippen LogP contribution >= 0.6 is 0 Å². The molecule has 0 aromatic rings. The van der Waals surface area contributed by atoms with Crippen LogP contribution in [-0.2, 0) is 19.1 Å². The van der Waals surface area contributed by atoms with E-state index < -0.39 is 0 Å². The predicted molar refractivity (Wildman–Crippen MR) is 129 cm³/mol. The molecule has 2 aliphatic rings. The minimum atomic E-state index is -0.0679. The highest BCUT2D eigenvalue weighted by molar-refractivity contribution is 5.78. The van der Waals surface area contributed by atoms with E-state index in [1.807, 2.05) is 20.8 Å². The van der Waals surface area contributed by atoms with Gasteiger partial charge in [0.2, 0.25) is 12.3 Å². The Balaban J connectivity index is 0. The van der Waals surface area contributed by atoms with Crippen molar-refractivity contribution in [1.82, 2.24) is 15.5 Å². The lowest BCUT2D eigenvalue weighted by Gasteiger charge is -2.38. The van der Waals surface area contributed by atoms with Crippen LogP contribution in [-0.4, -0.2) is 68.8 Å². The van der Waals surface area contributed by atoms with Gasteiger partial charge in [0, 0.05) is 38.5 Å². The molecule has 31 heavy (non-hydrogen) atoms. The van der Waals surface area contributed by atoms with E-state index in [2.05, 4.69) is 49.8 Å². The average molecular weight is 442 g/mol. The number of nitrogens with zero attached hydrogens (tertiary/aromatic N) is 1. The van der Waals surface area contributed by atoms with Gasteiger partial charge in [0.05, 0.1) is 24.7 Å². The minimum absolute atomic E-state index is 0.0612. The summed E-state index contributed by atoms with van der Waals surface area (Å²) in [6, 6.07) is 0. The van der Waals surface area contributed by atoms with Crippen molar-refractivity contribution in [2.75, 3.05) is 46.0 Å². The normalized spacial score (nSPS) is 19.8. The molecule has 0 bridgehead atoms. The van der Waals surface area contributed by atoms with Crippen LogP contribution in [0.1, 0.15) is 61.3 Å². The van der Waals surface area contributed by atoms with Crippen molar-refractivity contribution in [3.05, 3.63) is 24.4 Å². The number of carbonyl (C=O) groups is 2. The van der Waals surface area contributed by atoms with E-state index in [4.69, 9.17) is 9.47 Å². The van der Waals surface area contributed by atoms with E-state index in [9.17, 15) is 9.59 Å². The summed E-state index contributed by atoms with van der Waals surface area (Å²) in [6.07, 6.45) is 6.07. The van der Waals surface area contributed by atoms with Crippen molar-refractivity contribution in [2.45, 2.75) is 66.9 Å². The van der Waals surface area contributed by atoms with E-state index in [1.165, 1.54) is 6.42 Å². The van der Waals surface area contributed by atoms with E-state index in [0.717, 1.165) is 45.0 Å². The quantitative estimate of drug-likeness (QED) is 0.467. The van der Waals surface area contributed by atoms with Gasteiger partial charge in [-0.2, -0.15) is 0 Å². The summed E-state index contributed by atoms with van der Waals surface area (Å²) in [5.74, 6) is 0.200. The maximum absolute atomic E-state index is 11.8. The molecule has 2 saturated heterocycles. The Bertz CT molecular complexity index is 501. The molecular weight excluding hydrogens is 394 g/mol. The number of hydrogen-bond donors (Lipinski definition) is 2. The van der Waals surface area contributed by atoms with Crippen LogP contribution in [0, 0.1) is 5.92 Å². The second kappa shape index (κ2) is 20.2. The van der Waals surface area contributed by atoms with Crippen LogP contribution in [0.5, 0.6) is 0 Å². The Labute approximate surface area is 190 Å². The minimum Gasteiger partial charge on any atom is -0.381 e. The molecule has 0 aliphatic carbocycles. The van der Waals surface area contributed by atoms with Crippen molar-refractivity contribution in [3.8, 4) is 0 Å². The molecule has 0 radical (unpaired) electrons. The molecule has 2 rings (SSSR count). The highest BCUT2D eigenvalue weighted by Crippen LogP contribution is 2.16. The largest absolute Gasteiger partial charge is 0.381 e. The van der Waals surface area contributed by atoms with Crippen molar-refractivity contribution in [1.29, 1.82) is 0 Å². The summed E-state index contributed by atoms with van der Waals surface area (Å²) in [7, 11) is 0. The van der Waals surface area contributed by atoms with E-state index >= 15 is 0 Å². The van der Waals surface area contributed by atoms with Gasteiger partial charge in [-0.15, -0.1) is 0 Å². The number of carbonyl (C=O) groups excluding carboxylic acids is 2. The molecule has 182 valence electrons. The van der Waals surface area contributed by atoms with Gasteiger partial charge in [-0.25, -0.2) is 0 Å². The van der Waals surface area contributed by atoms with E-state index in [0.29, 0.717) is 19.6 Å². The highest BCUT2D eigenvalue weighted by atomic mass is 16.5. The van der Waals surface area contributed by atoms with Crippen LogP contribution in [0.2, 0.25) is 0 Å². The molecule has 2 amide bonds. The third-order valence-electron chi connectivity index (χ3n) is 4.29. The predicted octanol–water partition coefficient (Wildman–Crippen LogP) is 3.51. The first-order valence-corrected chi connectivity index (χ1v) is 11.5. The van der Waals surface area contributed by atoms with Gasteiger partial charge in [-0.1, -0.05) is 46.8 Å². The number of morpholine rings is 1. The number of nitrogens with one attached hydrogen (secondary N) is 2.